The lowest BCUT2D eigenvalue weighted by atomic mass is 9.99. The highest BCUT2D eigenvalue weighted by Crippen LogP contribution is 2.26. The predicted molar refractivity (Wildman–Crippen MR) is 338 cm³/mol. The van der Waals surface area contributed by atoms with E-state index in [4.69, 9.17) is 14.2 Å². The molecule has 0 spiro atoms. The first-order chi connectivity index (χ1) is 39.7. The maximum absolute atomic E-state index is 13.5. The Kier molecular flexibility index (Phi) is 54.5. The fourth-order valence-corrected chi connectivity index (χ4v) is 10.5. The molecule has 0 bridgehead atoms. The van der Waals surface area contributed by atoms with Gasteiger partial charge in [-0.2, -0.15) is 0 Å². The Labute approximate surface area is 497 Å². The van der Waals surface area contributed by atoms with Crippen LogP contribution in [0, 0.1) is 0 Å². The fourth-order valence-electron chi connectivity index (χ4n) is 10.5. The van der Waals surface area contributed by atoms with E-state index in [-0.39, 0.29) is 19.4 Å². The van der Waals surface area contributed by atoms with E-state index in [1.54, 1.807) is 6.08 Å². The number of carbonyl (C=O) groups is 2. The number of carbonyl (C=O) groups excluding carboxylic acids is 2. The van der Waals surface area contributed by atoms with Gasteiger partial charge in [-0.15, -0.1) is 0 Å². The number of rotatable bonds is 58. The summed E-state index contributed by atoms with van der Waals surface area (Å²) in [5.41, 5.74) is 0. The van der Waals surface area contributed by atoms with Crippen LogP contribution in [0.15, 0.2) is 60.8 Å². The Bertz CT molecular complexity index is 1550. The third-order valence-corrected chi connectivity index (χ3v) is 15.9. The summed E-state index contributed by atoms with van der Waals surface area (Å²) in [6.07, 6.45) is 62.7. The summed E-state index contributed by atoms with van der Waals surface area (Å²) in [5, 5.41) is 57.1. The van der Waals surface area contributed by atoms with Crippen molar-refractivity contribution in [2.24, 2.45) is 0 Å². The minimum atomic E-state index is -1.64. The molecule has 0 aromatic rings. The van der Waals surface area contributed by atoms with Gasteiger partial charge in [-0.1, -0.05) is 300 Å². The number of allylic oxidation sites excluding steroid dienone is 9. The number of amides is 1. The summed E-state index contributed by atoms with van der Waals surface area (Å²) in [7, 11) is 0. The van der Waals surface area contributed by atoms with Crippen molar-refractivity contribution in [3.8, 4) is 0 Å². The van der Waals surface area contributed by atoms with Crippen LogP contribution in [0.2, 0.25) is 0 Å². The number of unbranched alkanes of at least 4 members (excludes halogenated alkanes) is 36. The van der Waals surface area contributed by atoms with Gasteiger partial charge >= 0.3 is 5.97 Å². The molecule has 1 aliphatic heterocycles. The summed E-state index contributed by atoms with van der Waals surface area (Å²) in [6.45, 7) is 5.77. The Morgan fingerprint density at radius 1 is 0.481 bits per heavy atom. The molecule has 1 saturated heterocycles. The minimum absolute atomic E-state index is 0.0479. The second-order valence-corrected chi connectivity index (χ2v) is 23.6. The zero-order chi connectivity index (χ0) is 58.9. The van der Waals surface area contributed by atoms with Crippen molar-refractivity contribution in [1.29, 1.82) is 0 Å². The lowest BCUT2D eigenvalue weighted by molar-refractivity contribution is -0.305. The van der Waals surface area contributed by atoms with E-state index in [0.717, 1.165) is 64.2 Å². The second kappa shape index (κ2) is 57.8. The molecule has 1 fully saturated rings. The molecule has 0 aromatic heterocycles. The van der Waals surface area contributed by atoms with Crippen molar-refractivity contribution in [3.05, 3.63) is 60.8 Å². The van der Waals surface area contributed by atoms with E-state index in [9.17, 15) is 35.1 Å². The number of aliphatic hydroxyl groups excluding tert-OH is 5. The normalized spacial score (nSPS) is 19.0. The van der Waals surface area contributed by atoms with E-state index in [0.29, 0.717) is 19.3 Å². The van der Waals surface area contributed by atoms with Gasteiger partial charge in [0.15, 0.2) is 12.4 Å². The number of hydrogen-bond donors (Lipinski definition) is 6. The average Bonchev–Trinajstić information content (AvgIpc) is 3.46. The summed E-state index contributed by atoms with van der Waals surface area (Å²) in [5.74, 6) is -1.24. The standard InChI is InChI=1S/C70H127NO10/c1-4-7-10-13-16-19-22-25-27-29-30-31-32-33-35-36-39-42-45-48-51-54-57-63(74)69(78)71-61(62(73)56-53-50-47-44-41-38-24-21-18-15-12-9-6-3)60-79-70-68(67(77)66(76)64(59-72)80-70)81-65(75)58-55-52-49-46-43-40-37-34-28-26-23-20-17-14-11-8-5-2/h17,20,26,28,37,40,46,49,53,56,61-64,66-68,70,72-74,76-77H,4-16,18-19,21-25,27,29-36,38-39,41-45,47-48,50-52,54-55,57-60H2,1-3H3,(H,71,78)/b20-17-,28-26-,40-37-,49-46-,56-53+. The Morgan fingerprint density at radius 2 is 0.852 bits per heavy atom. The van der Waals surface area contributed by atoms with Crippen molar-refractivity contribution in [2.75, 3.05) is 13.2 Å². The van der Waals surface area contributed by atoms with E-state index >= 15 is 0 Å². The van der Waals surface area contributed by atoms with Gasteiger partial charge in [0.05, 0.1) is 25.4 Å². The molecule has 11 heteroatoms. The molecule has 8 unspecified atom stereocenters. The summed E-state index contributed by atoms with van der Waals surface area (Å²) in [6, 6.07) is -1.03. The third kappa shape index (κ3) is 45.4. The van der Waals surface area contributed by atoms with Gasteiger partial charge in [0.2, 0.25) is 5.91 Å². The summed E-state index contributed by atoms with van der Waals surface area (Å²) in [4.78, 5) is 26.6. The van der Waals surface area contributed by atoms with Gasteiger partial charge in [0.25, 0.3) is 0 Å². The van der Waals surface area contributed by atoms with Crippen LogP contribution in [0.1, 0.15) is 310 Å². The highest BCUT2D eigenvalue weighted by Gasteiger charge is 2.47. The Hall–Kier alpha value is -2.64. The number of esters is 1. The topological polar surface area (TPSA) is 175 Å². The highest BCUT2D eigenvalue weighted by atomic mass is 16.7. The van der Waals surface area contributed by atoms with Crippen LogP contribution in [-0.4, -0.2) is 99.6 Å². The van der Waals surface area contributed by atoms with Crippen molar-refractivity contribution in [2.45, 2.75) is 359 Å². The first-order valence-corrected chi connectivity index (χ1v) is 34.1. The van der Waals surface area contributed by atoms with Crippen LogP contribution in [0.25, 0.3) is 0 Å². The van der Waals surface area contributed by atoms with Crippen LogP contribution < -0.4 is 5.32 Å². The second-order valence-electron chi connectivity index (χ2n) is 23.6. The van der Waals surface area contributed by atoms with Crippen LogP contribution in [0.5, 0.6) is 0 Å². The predicted octanol–water partition coefficient (Wildman–Crippen LogP) is 17.0. The molecule has 81 heavy (non-hydrogen) atoms. The molecule has 11 nitrogen and oxygen atoms in total. The van der Waals surface area contributed by atoms with Crippen LogP contribution in [0.4, 0.5) is 0 Å². The van der Waals surface area contributed by atoms with Crippen molar-refractivity contribution in [3.63, 3.8) is 0 Å². The monoisotopic (exact) mass is 1140 g/mol. The molecule has 1 aliphatic rings. The quantitative estimate of drug-likeness (QED) is 0.0195. The molecule has 6 N–H and O–H groups in total. The van der Waals surface area contributed by atoms with E-state index in [1.165, 1.54) is 193 Å². The molecule has 1 amide bonds. The largest absolute Gasteiger partial charge is 0.454 e. The molecule has 1 rings (SSSR count). The third-order valence-electron chi connectivity index (χ3n) is 15.9. The van der Waals surface area contributed by atoms with Crippen LogP contribution >= 0.6 is 0 Å². The van der Waals surface area contributed by atoms with Gasteiger partial charge in [0, 0.05) is 6.42 Å². The van der Waals surface area contributed by atoms with Gasteiger partial charge in [-0.3, -0.25) is 9.59 Å². The molecule has 0 saturated carbocycles. The Morgan fingerprint density at radius 3 is 1.30 bits per heavy atom. The molecule has 472 valence electrons. The van der Waals surface area contributed by atoms with Gasteiger partial charge in [-0.05, 0) is 64.2 Å². The number of ether oxygens (including phenoxy) is 3. The molecule has 1 heterocycles. The SMILES string of the molecule is CCCCC/C=C\C/C=C\C/C=C\C/C=C\CCCC(=O)OC1C(OCC(NC(=O)C(O)CCCCCCCCCCCCCCCCCCCCCCCC)C(O)/C=C/CCCCCCCCCCCCC)OC(CO)C(O)C1O. The summed E-state index contributed by atoms with van der Waals surface area (Å²) >= 11 is 0. The van der Waals surface area contributed by atoms with Crippen molar-refractivity contribution < 1.29 is 49.3 Å². The first-order valence-electron chi connectivity index (χ1n) is 34.1. The molecule has 0 aromatic carbocycles. The molecular weight excluding hydrogens is 1010 g/mol. The summed E-state index contributed by atoms with van der Waals surface area (Å²) < 4.78 is 17.6. The number of nitrogens with one attached hydrogen (secondary N) is 1. The lowest BCUT2D eigenvalue weighted by Crippen LogP contribution is -2.61. The minimum Gasteiger partial charge on any atom is -0.454 e. The van der Waals surface area contributed by atoms with Gasteiger partial charge in [0.1, 0.15) is 24.4 Å². The zero-order valence-electron chi connectivity index (χ0n) is 52.4. The fraction of sp³-hybridized carbons (Fsp3) is 0.829. The van der Waals surface area contributed by atoms with Crippen LogP contribution in [-0.2, 0) is 23.8 Å². The number of aliphatic hydroxyl groups is 5. The maximum Gasteiger partial charge on any atom is 0.306 e. The zero-order valence-corrected chi connectivity index (χ0v) is 52.4. The molecule has 0 aliphatic carbocycles. The first kappa shape index (κ1) is 76.4. The van der Waals surface area contributed by atoms with E-state index < -0.39 is 67.4 Å². The van der Waals surface area contributed by atoms with Gasteiger partial charge in [-0.25, -0.2) is 0 Å². The smallest absolute Gasteiger partial charge is 0.306 e. The van der Waals surface area contributed by atoms with E-state index in [1.807, 2.05) is 12.2 Å². The maximum atomic E-state index is 13.5. The Balaban J connectivity index is 2.65. The average molecular weight is 1140 g/mol. The molecular formula is C70H127NO10. The van der Waals surface area contributed by atoms with Crippen LogP contribution in [0.3, 0.4) is 0 Å². The highest BCUT2D eigenvalue weighted by molar-refractivity contribution is 5.80. The molecule has 0 radical (unpaired) electrons. The van der Waals surface area contributed by atoms with Crippen molar-refractivity contribution >= 4 is 11.9 Å². The lowest BCUT2D eigenvalue weighted by Gasteiger charge is -2.41. The number of hydrogen-bond acceptors (Lipinski definition) is 10. The van der Waals surface area contributed by atoms with Crippen molar-refractivity contribution in [1.82, 2.24) is 5.32 Å². The van der Waals surface area contributed by atoms with Gasteiger partial charge < -0.3 is 45.1 Å². The van der Waals surface area contributed by atoms with E-state index in [2.05, 4.69) is 68.6 Å². The molecule has 8 atom stereocenters.